The van der Waals surface area contributed by atoms with E-state index in [1.54, 1.807) is 24.3 Å². The SMILES string of the molecule is COc1ccc(Cl)cc1NC(=O)C(=O)Nc1ccccc1C(C)C. The number of ether oxygens (including phenoxy) is 1. The smallest absolute Gasteiger partial charge is 0.314 e. The molecule has 2 aromatic carbocycles. The van der Waals surface area contributed by atoms with Crippen LogP contribution in [0.3, 0.4) is 0 Å². The van der Waals surface area contributed by atoms with Crippen molar-refractivity contribution in [2.75, 3.05) is 17.7 Å². The summed E-state index contributed by atoms with van der Waals surface area (Å²) in [6.07, 6.45) is 0. The second-order valence-electron chi connectivity index (χ2n) is 5.49. The minimum atomic E-state index is -0.797. The van der Waals surface area contributed by atoms with Crippen LogP contribution in [0.2, 0.25) is 5.02 Å². The van der Waals surface area contributed by atoms with E-state index in [1.807, 2.05) is 26.0 Å². The number of amides is 2. The van der Waals surface area contributed by atoms with E-state index < -0.39 is 11.8 Å². The Balaban J connectivity index is 2.14. The molecule has 2 amide bonds. The van der Waals surface area contributed by atoms with E-state index in [0.717, 1.165) is 5.56 Å². The van der Waals surface area contributed by atoms with Gasteiger partial charge in [0.05, 0.1) is 12.8 Å². The highest BCUT2D eigenvalue weighted by Crippen LogP contribution is 2.28. The van der Waals surface area contributed by atoms with Gasteiger partial charge in [-0.15, -0.1) is 0 Å². The molecule has 24 heavy (non-hydrogen) atoms. The van der Waals surface area contributed by atoms with Gasteiger partial charge >= 0.3 is 11.8 Å². The van der Waals surface area contributed by atoms with Crippen LogP contribution in [0.25, 0.3) is 0 Å². The van der Waals surface area contributed by atoms with Crippen molar-refractivity contribution in [3.8, 4) is 5.75 Å². The van der Waals surface area contributed by atoms with Crippen LogP contribution in [-0.2, 0) is 9.59 Å². The first-order valence-electron chi connectivity index (χ1n) is 7.47. The number of hydrogen-bond acceptors (Lipinski definition) is 3. The number of para-hydroxylation sites is 1. The normalized spacial score (nSPS) is 10.4. The summed E-state index contributed by atoms with van der Waals surface area (Å²) in [5.41, 5.74) is 1.91. The van der Waals surface area contributed by atoms with Gasteiger partial charge in [-0.05, 0) is 35.7 Å². The number of benzene rings is 2. The van der Waals surface area contributed by atoms with E-state index in [-0.39, 0.29) is 5.92 Å². The fraction of sp³-hybridized carbons (Fsp3) is 0.222. The van der Waals surface area contributed by atoms with Gasteiger partial charge in [-0.2, -0.15) is 0 Å². The van der Waals surface area contributed by atoms with Crippen LogP contribution in [0.1, 0.15) is 25.3 Å². The first kappa shape index (κ1) is 17.8. The minimum absolute atomic E-state index is 0.220. The Bertz CT molecular complexity index is 760. The number of anilines is 2. The summed E-state index contributed by atoms with van der Waals surface area (Å²) in [4.78, 5) is 24.3. The summed E-state index contributed by atoms with van der Waals surface area (Å²) in [6, 6.07) is 12.1. The quantitative estimate of drug-likeness (QED) is 0.821. The Morgan fingerprint density at radius 2 is 1.62 bits per heavy atom. The summed E-state index contributed by atoms with van der Waals surface area (Å²) in [6.45, 7) is 4.03. The number of carbonyl (C=O) groups excluding carboxylic acids is 2. The summed E-state index contributed by atoms with van der Waals surface area (Å²) in [5, 5.41) is 5.58. The van der Waals surface area contributed by atoms with E-state index in [1.165, 1.54) is 13.2 Å². The molecule has 6 heteroatoms. The molecule has 0 saturated carbocycles. The van der Waals surface area contributed by atoms with Crippen LogP contribution in [-0.4, -0.2) is 18.9 Å². The zero-order valence-corrected chi connectivity index (χ0v) is 14.5. The van der Waals surface area contributed by atoms with Crippen molar-refractivity contribution in [2.24, 2.45) is 0 Å². The molecule has 126 valence electrons. The molecule has 2 N–H and O–H groups in total. The third-order valence-electron chi connectivity index (χ3n) is 3.45. The van der Waals surface area contributed by atoms with Crippen molar-refractivity contribution < 1.29 is 14.3 Å². The van der Waals surface area contributed by atoms with Gasteiger partial charge in [-0.1, -0.05) is 43.6 Å². The number of nitrogens with one attached hydrogen (secondary N) is 2. The van der Waals surface area contributed by atoms with E-state index in [9.17, 15) is 9.59 Å². The highest BCUT2D eigenvalue weighted by atomic mass is 35.5. The standard InChI is InChI=1S/C18H19ClN2O3/c1-11(2)13-6-4-5-7-14(13)20-17(22)18(23)21-15-10-12(19)8-9-16(15)24-3/h4-11H,1-3H3,(H,20,22)(H,21,23). The van der Waals surface area contributed by atoms with Crippen LogP contribution < -0.4 is 15.4 Å². The van der Waals surface area contributed by atoms with Crippen molar-refractivity contribution in [3.05, 3.63) is 53.1 Å². The number of methoxy groups -OCH3 is 1. The largest absolute Gasteiger partial charge is 0.495 e. The van der Waals surface area contributed by atoms with Crippen molar-refractivity contribution in [1.82, 2.24) is 0 Å². The molecule has 0 fully saturated rings. The average Bonchev–Trinajstić information content (AvgIpc) is 2.55. The van der Waals surface area contributed by atoms with Gasteiger partial charge in [0.25, 0.3) is 0 Å². The second kappa shape index (κ2) is 7.84. The summed E-state index contributed by atoms with van der Waals surface area (Å²) < 4.78 is 5.14. The molecule has 2 rings (SSSR count). The van der Waals surface area contributed by atoms with E-state index in [4.69, 9.17) is 16.3 Å². The molecule has 0 atom stereocenters. The zero-order chi connectivity index (χ0) is 17.7. The Morgan fingerprint density at radius 3 is 2.25 bits per heavy atom. The lowest BCUT2D eigenvalue weighted by Crippen LogP contribution is -2.29. The van der Waals surface area contributed by atoms with Crippen LogP contribution in [0, 0.1) is 0 Å². The Labute approximate surface area is 146 Å². The third kappa shape index (κ3) is 4.26. The molecule has 0 bridgehead atoms. The Hall–Kier alpha value is -2.53. The molecule has 5 nitrogen and oxygen atoms in total. The van der Waals surface area contributed by atoms with E-state index in [2.05, 4.69) is 10.6 Å². The molecule has 2 aromatic rings. The van der Waals surface area contributed by atoms with Crippen molar-refractivity contribution >= 4 is 34.8 Å². The van der Waals surface area contributed by atoms with Crippen LogP contribution in [0.5, 0.6) is 5.75 Å². The van der Waals surface area contributed by atoms with Crippen LogP contribution in [0.15, 0.2) is 42.5 Å². The maximum Gasteiger partial charge on any atom is 0.314 e. The monoisotopic (exact) mass is 346 g/mol. The molecule has 0 aliphatic heterocycles. The van der Waals surface area contributed by atoms with Crippen LogP contribution in [0.4, 0.5) is 11.4 Å². The molecule has 0 unspecified atom stereocenters. The van der Waals surface area contributed by atoms with Crippen molar-refractivity contribution in [2.45, 2.75) is 19.8 Å². The molecule has 0 radical (unpaired) electrons. The van der Waals surface area contributed by atoms with Crippen molar-refractivity contribution in [1.29, 1.82) is 0 Å². The van der Waals surface area contributed by atoms with Gasteiger partial charge in [0, 0.05) is 10.7 Å². The predicted molar refractivity (Wildman–Crippen MR) is 95.8 cm³/mol. The maximum absolute atomic E-state index is 12.2. The maximum atomic E-state index is 12.2. The van der Waals surface area contributed by atoms with Gasteiger partial charge < -0.3 is 15.4 Å². The Kier molecular flexibility index (Phi) is 5.82. The van der Waals surface area contributed by atoms with E-state index in [0.29, 0.717) is 22.1 Å². The van der Waals surface area contributed by atoms with Gasteiger partial charge in [0.2, 0.25) is 0 Å². The predicted octanol–water partition coefficient (Wildman–Crippen LogP) is 4.05. The fourth-order valence-corrected chi connectivity index (χ4v) is 2.42. The molecule has 0 aromatic heterocycles. The Morgan fingerprint density at radius 1 is 1.00 bits per heavy atom. The number of halogens is 1. The molecule has 0 aliphatic rings. The summed E-state index contributed by atoms with van der Waals surface area (Å²) >= 11 is 5.91. The highest BCUT2D eigenvalue weighted by molar-refractivity contribution is 6.44. The first-order valence-corrected chi connectivity index (χ1v) is 7.85. The first-order chi connectivity index (χ1) is 11.4. The fourth-order valence-electron chi connectivity index (χ4n) is 2.25. The summed E-state index contributed by atoms with van der Waals surface area (Å²) in [5.74, 6) is -0.917. The molecule has 0 heterocycles. The topological polar surface area (TPSA) is 67.4 Å². The van der Waals surface area contributed by atoms with Gasteiger partial charge in [0.1, 0.15) is 5.75 Å². The summed E-state index contributed by atoms with van der Waals surface area (Å²) in [7, 11) is 1.47. The number of carbonyl (C=O) groups is 2. The lowest BCUT2D eigenvalue weighted by atomic mass is 10.0. The molecule has 0 spiro atoms. The number of rotatable bonds is 4. The van der Waals surface area contributed by atoms with Crippen LogP contribution >= 0.6 is 11.6 Å². The highest BCUT2D eigenvalue weighted by Gasteiger charge is 2.18. The van der Waals surface area contributed by atoms with E-state index >= 15 is 0 Å². The molecule has 0 saturated heterocycles. The average molecular weight is 347 g/mol. The molecular formula is C18H19ClN2O3. The third-order valence-corrected chi connectivity index (χ3v) is 3.68. The molecule has 0 aliphatic carbocycles. The lowest BCUT2D eigenvalue weighted by Gasteiger charge is -2.14. The number of hydrogen-bond donors (Lipinski definition) is 2. The zero-order valence-electron chi connectivity index (χ0n) is 13.7. The van der Waals surface area contributed by atoms with Gasteiger partial charge in [-0.25, -0.2) is 0 Å². The second-order valence-corrected chi connectivity index (χ2v) is 5.93. The van der Waals surface area contributed by atoms with Gasteiger partial charge in [-0.3, -0.25) is 9.59 Å². The lowest BCUT2D eigenvalue weighted by molar-refractivity contribution is -0.133. The van der Waals surface area contributed by atoms with Gasteiger partial charge in [0.15, 0.2) is 0 Å². The molecular weight excluding hydrogens is 328 g/mol. The minimum Gasteiger partial charge on any atom is -0.495 e. The van der Waals surface area contributed by atoms with Crippen molar-refractivity contribution in [3.63, 3.8) is 0 Å².